The summed E-state index contributed by atoms with van der Waals surface area (Å²) in [6.07, 6.45) is 0.304. The number of aliphatic carboxylic acids is 1. The molecule has 0 spiro atoms. The molecule has 1 heterocycles. The van der Waals surface area contributed by atoms with Crippen LogP contribution in [0.4, 0.5) is 0 Å². The molecule has 1 aromatic heterocycles. The minimum absolute atomic E-state index is 0.00962. The van der Waals surface area contributed by atoms with E-state index in [2.05, 4.69) is 10.3 Å². The number of rotatable bonds is 7. The third kappa shape index (κ3) is 4.21. The molecular weight excluding hydrogens is 368 g/mol. The number of ketones is 1. The molecule has 3 rings (SSSR count). The van der Waals surface area contributed by atoms with E-state index in [0.717, 1.165) is 16.3 Å². The number of hydrogen-bond donors (Lipinski definition) is 3. The van der Waals surface area contributed by atoms with Crippen LogP contribution in [0, 0.1) is 19.8 Å². The summed E-state index contributed by atoms with van der Waals surface area (Å²) in [5, 5.41) is 14.4. The number of carboxylic acid groups (broad SMARTS) is 1. The van der Waals surface area contributed by atoms with Crippen LogP contribution in [0.5, 0.6) is 0 Å². The van der Waals surface area contributed by atoms with Gasteiger partial charge >= 0.3 is 5.97 Å². The second kappa shape index (κ2) is 8.31. The summed E-state index contributed by atoms with van der Waals surface area (Å²) in [5.74, 6) is -2.27. The monoisotopic (exact) mass is 392 g/mol. The maximum atomic E-state index is 12.6. The molecule has 0 aliphatic carbocycles. The number of fused-ring (bicyclic) bond motifs is 1. The van der Waals surface area contributed by atoms with Gasteiger partial charge in [0.2, 0.25) is 0 Å². The van der Waals surface area contributed by atoms with E-state index in [0.29, 0.717) is 28.9 Å². The highest BCUT2D eigenvalue weighted by atomic mass is 16.4. The van der Waals surface area contributed by atoms with Gasteiger partial charge in [-0.15, -0.1) is 0 Å². The number of amides is 1. The van der Waals surface area contributed by atoms with Crippen LogP contribution < -0.4 is 5.32 Å². The second-order valence-corrected chi connectivity index (χ2v) is 7.27. The van der Waals surface area contributed by atoms with Crippen molar-refractivity contribution in [3.8, 4) is 0 Å². The molecule has 0 bridgehead atoms. The van der Waals surface area contributed by atoms with Crippen LogP contribution in [0.3, 0.4) is 0 Å². The summed E-state index contributed by atoms with van der Waals surface area (Å²) in [4.78, 5) is 39.1. The van der Waals surface area contributed by atoms with Gasteiger partial charge in [-0.2, -0.15) is 0 Å². The molecule has 1 atom stereocenters. The lowest BCUT2D eigenvalue weighted by Gasteiger charge is -2.15. The van der Waals surface area contributed by atoms with Gasteiger partial charge in [-0.25, -0.2) is 0 Å². The highest BCUT2D eigenvalue weighted by molar-refractivity contribution is 6.02. The Balaban J connectivity index is 1.77. The zero-order valence-electron chi connectivity index (χ0n) is 16.7. The number of H-pyrrole nitrogens is 1. The van der Waals surface area contributed by atoms with E-state index in [4.69, 9.17) is 0 Å². The Morgan fingerprint density at radius 1 is 1.07 bits per heavy atom. The lowest BCUT2D eigenvalue weighted by Crippen LogP contribution is -2.34. The predicted molar refractivity (Wildman–Crippen MR) is 111 cm³/mol. The molecule has 3 N–H and O–H groups in total. The van der Waals surface area contributed by atoms with Crippen molar-refractivity contribution >= 4 is 28.4 Å². The van der Waals surface area contributed by atoms with Crippen molar-refractivity contribution in [2.75, 3.05) is 6.54 Å². The molecule has 3 aromatic rings. The Bertz CT molecular complexity index is 1090. The number of hydrogen-bond acceptors (Lipinski definition) is 3. The molecule has 29 heavy (non-hydrogen) atoms. The molecule has 0 saturated heterocycles. The summed E-state index contributed by atoms with van der Waals surface area (Å²) in [5.41, 5.74) is 2.93. The fourth-order valence-corrected chi connectivity index (χ4v) is 3.79. The number of aromatic nitrogens is 1. The largest absolute Gasteiger partial charge is 0.481 e. The minimum Gasteiger partial charge on any atom is -0.481 e. The number of Topliss-reactive ketones (excluding diaryl/α,β-unsaturated/α-hetero) is 1. The van der Waals surface area contributed by atoms with Crippen LogP contribution in [0.1, 0.15) is 44.6 Å². The normalized spacial score (nSPS) is 12.0. The van der Waals surface area contributed by atoms with Crippen molar-refractivity contribution in [2.45, 2.75) is 27.2 Å². The van der Waals surface area contributed by atoms with Crippen molar-refractivity contribution < 1.29 is 19.5 Å². The lowest BCUT2D eigenvalue weighted by atomic mass is 9.94. The molecule has 1 unspecified atom stereocenters. The third-order valence-electron chi connectivity index (χ3n) is 5.22. The summed E-state index contributed by atoms with van der Waals surface area (Å²) < 4.78 is 0. The van der Waals surface area contributed by atoms with Crippen LogP contribution in [0.2, 0.25) is 0 Å². The highest BCUT2D eigenvalue weighted by Crippen LogP contribution is 2.22. The van der Waals surface area contributed by atoms with Gasteiger partial charge in [0.05, 0.1) is 5.92 Å². The summed E-state index contributed by atoms with van der Waals surface area (Å²) in [6.45, 7) is 4.89. The number of aryl methyl sites for hydroxylation is 1. The Hall–Kier alpha value is -3.41. The summed E-state index contributed by atoms with van der Waals surface area (Å²) in [7, 11) is 0. The first-order chi connectivity index (χ1) is 13.8. The van der Waals surface area contributed by atoms with Crippen molar-refractivity contribution in [1.82, 2.24) is 10.3 Å². The average Bonchev–Trinajstić information content (AvgIpc) is 2.99. The number of carbonyl (C=O) groups excluding carboxylic acids is 2. The molecule has 6 heteroatoms. The van der Waals surface area contributed by atoms with Crippen LogP contribution in [0.25, 0.3) is 10.8 Å². The van der Waals surface area contributed by atoms with Gasteiger partial charge in [0.1, 0.15) is 5.69 Å². The highest BCUT2D eigenvalue weighted by Gasteiger charge is 2.23. The quantitative estimate of drug-likeness (QED) is 0.534. The first-order valence-corrected chi connectivity index (χ1v) is 9.47. The number of benzene rings is 2. The van der Waals surface area contributed by atoms with Crippen molar-refractivity contribution in [3.05, 3.63) is 70.5 Å². The van der Waals surface area contributed by atoms with E-state index in [9.17, 15) is 19.5 Å². The maximum Gasteiger partial charge on any atom is 0.308 e. The van der Waals surface area contributed by atoms with E-state index in [1.165, 1.54) is 6.92 Å². The first kappa shape index (κ1) is 20.3. The van der Waals surface area contributed by atoms with Gasteiger partial charge in [0.25, 0.3) is 5.91 Å². The van der Waals surface area contributed by atoms with E-state index in [1.54, 1.807) is 13.8 Å². The number of carbonyl (C=O) groups is 3. The first-order valence-electron chi connectivity index (χ1n) is 9.47. The smallest absolute Gasteiger partial charge is 0.308 e. The SMILES string of the molecule is CC(=O)c1c(C)[nH]c(C(=O)NCC(Cc2cccc3ccccc23)C(=O)O)c1C. The van der Waals surface area contributed by atoms with E-state index in [1.807, 2.05) is 42.5 Å². The molecule has 1 amide bonds. The van der Waals surface area contributed by atoms with Crippen LogP contribution >= 0.6 is 0 Å². The van der Waals surface area contributed by atoms with Gasteiger partial charge in [0.15, 0.2) is 5.78 Å². The summed E-state index contributed by atoms with van der Waals surface area (Å²) in [6, 6.07) is 13.6. The molecule has 0 aliphatic heterocycles. The van der Waals surface area contributed by atoms with Gasteiger partial charge in [0, 0.05) is 17.8 Å². The van der Waals surface area contributed by atoms with Crippen molar-refractivity contribution in [1.29, 1.82) is 0 Å². The Morgan fingerprint density at radius 3 is 2.41 bits per heavy atom. The van der Waals surface area contributed by atoms with Crippen LogP contribution in [-0.4, -0.2) is 34.3 Å². The van der Waals surface area contributed by atoms with Gasteiger partial charge in [-0.05, 0) is 49.1 Å². The number of carboxylic acids is 1. The molecule has 0 radical (unpaired) electrons. The molecule has 0 saturated carbocycles. The fraction of sp³-hybridized carbons (Fsp3) is 0.261. The Labute approximate surface area is 168 Å². The van der Waals surface area contributed by atoms with Gasteiger partial charge in [-0.1, -0.05) is 42.5 Å². The maximum absolute atomic E-state index is 12.6. The lowest BCUT2D eigenvalue weighted by molar-refractivity contribution is -0.141. The minimum atomic E-state index is -0.970. The van der Waals surface area contributed by atoms with Crippen molar-refractivity contribution in [2.24, 2.45) is 5.92 Å². The molecule has 0 aliphatic rings. The van der Waals surface area contributed by atoms with Gasteiger partial charge < -0.3 is 15.4 Å². The van der Waals surface area contributed by atoms with Crippen LogP contribution in [0.15, 0.2) is 42.5 Å². The van der Waals surface area contributed by atoms with E-state index in [-0.39, 0.29) is 12.3 Å². The molecule has 150 valence electrons. The molecule has 6 nitrogen and oxygen atoms in total. The van der Waals surface area contributed by atoms with E-state index < -0.39 is 17.8 Å². The number of nitrogens with one attached hydrogen (secondary N) is 2. The van der Waals surface area contributed by atoms with Gasteiger partial charge in [-0.3, -0.25) is 14.4 Å². The zero-order valence-corrected chi connectivity index (χ0v) is 16.7. The zero-order chi connectivity index (χ0) is 21.1. The number of aromatic amines is 1. The fourth-order valence-electron chi connectivity index (χ4n) is 3.79. The van der Waals surface area contributed by atoms with Crippen molar-refractivity contribution in [3.63, 3.8) is 0 Å². The van der Waals surface area contributed by atoms with E-state index >= 15 is 0 Å². The topological polar surface area (TPSA) is 99.3 Å². The summed E-state index contributed by atoms with van der Waals surface area (Å²) >= 11 is 0. The Morgan fingerprint density at radius 2 is 1.76 bits per heavy atom. The average molecular weight is 392 g/mol. The molecule has 0 fully saturated rings. The predicted octanol–water partition coefficient (Wildman–Crippen LogP) is 3.66. The second-order valence-electron chi connectivity index (χ2n) is 7.27. The molecule has 2 aromatic carbocycles. The standard InChI is InChI=1S/C23H24N2O4/c1-13-20(15(3)26)14(2)25-21(13)22(27)24-12-18(23(28)29)11-17-9-6-8-16-7-4-5-10-19(16)17/h4-10,18,25H,11-12H2,1-3H3,(H,24,27)(H,28,29). The molecular formula is C23H24N2O4. The third-order valence-corrected chi connectivity index (χ3v) is 5.22. The van der Waals surface area contributed by atoms with Crippen LogP contribution in [-0.2, 0) is 11.2 Å². The Kier molecular flexibility index (Phi) is 5.82.